The lowest BCUT2D eigenvalue weighted by Crippen LogP contribution is -2.30. The van der Waals surface area contributed by atoms with Crippen molar-refractivity contribution < 1.29 is 9.90 Å². The maximum absolute atomic E-state index is 12.5. The number of benzene rings is 2. The predicted molar refractivity (Wildman–Crippen MR) is 81.6 cm³/mol. The fourth-order valence-electron chi connectivity index (χ4n) is 2.04. The third kappa shape index (κ3) is 2.94. The van der Waals surface area contributed by atoms with E-state index in [0.717, 1.165) is 11.3 Å². The number of phenolic OH excluding ortho intramolecular Hbond substituents is 1. The number of carbonyl (C=O) groups is 1. The van der Waals surface area contributed by atoms with Crippen molar-refractivity contribution in [1.82, 2.24) is 0 Å². The fraction of sp³-hybridized carbons (Fsp3) is 0.188. The summed E-state index contributed by atoms with van der Waals surface area (Å²) in [5.74, 6) is -0.165. The average Bonchev–Trinajstić information content (AvgIpc) is 2.42. The third-order valence-electron chi connectivity index (χ3n) is 3.07. The number of rotatable bonds is 3. The van der Waals surface area contributed by atoms with Gasteiger partial charge in [-0.05, 0) is 49.7 Å². The van der Waals surface area contributed by atoms with E-state index < -0.39 is 0 Å². The topological polar surface area (TPSA) is 40.5 Å². The van der Waals surface area contributed by atoms with Gasteiger partial charge in [-0.25, -0.2) is 0 Å². The van der Waals surface area contributed by atoms with Gasteiger partial charge in [-0.2, -0.15) is 0 Å². The zero-order chi connectivity index (χ0) is 14.7. The summed E-state index contributed by atoms with van der Waals surface area (Å²) in [6.07, 6.45) is 0. The molecule has 2 aromatic carbocycles. The van der Waals surface area contributed by atoms with Gasteiger partial charge >= 0.3 is 0 Å². The largest absolute Gasteiger partial charge is 0.506 e. The Morgan fingerprint density at radius 2 is 2.00 bits per heavy atom. The van der Waals surface area contributed by atoms with Crippen LogP contribution in [0.25, 0.3) is 0 Å². The maximum Gasteiger partial charge on any atom is 0.258 e. The number of phenols is 1. The molecule has 1 amide bonds. The van der Waals surface area contributed by atoms with Crippen molar-refractivity contribution in [3.63, 3.8) is 0 Å². The zero-order valence-corrected chi connectivity index (χ0v) is 12.2. The zero-order valence-electron chi connectivity index (χ0n) is 11.4. The molecule has 20 heavy (non-hydrogen) atoms. The number of hydrogen-bond acceptors (Lipinski definition) is 2. The molecule has 0 fully saturated rings. The molecule has 0 aliphatic heterocycles. The Morgan fingerprint density at radius 3 is 2.60 bits per heavy atom. The van der Waals surface area contributed by atoms with E-state index in [1.807, 2.05) is 38.1 Å². The van der Waals surface area contributed by atoms with Crippen LogP contribution >= 0.6 is 11.6 Å². The average molecular weight is 290 g/mol. The summed E-state index contributed by atoms with van der Waals surface area (Å²) in [6.45, 7) is 4.46. The fourth-order valence-corrected chi connectivity index (χ4v) is 2.22. The van der Waals surface area contributed by atoms with E-state index in [1.165, 1.54) is 12.1 Å². The molecule has 0 bridgehead atoms. The molecule has 0 aliphatic rings. The van der Waals surface area contributed by atoms with E-state index >= 15 is 0 Å². The van der Waals surface area contributed by atoms with Crippen LogP contribution in [0.2, 0.25) is 5.02 Å². The molecule has 0 aromatic heterocycles. The summed E-state index contributed by atoms with van der Waals surface area (Å²) in [7, 11) is 0. The summed E-state index contributed by atoms with van der Waals surface area (Å²) in [6, 6.07) is 12.3. The molecule has 4 heteroatoms. The Labute approximate surface area is 123 Å². The number of halogens is 1. The minimum Gasteiger partial charge on any atom is -0.506 e. The SMILES string of the molecule is CCN(C(=O)c1ccc(O)c(Cl)c1)c1cccc(C)c1. The number of aromatic hydroxyl groups is 1. The van der Waals surface area contributed by atoms with Gasteiger partial charge in [0.1, 0.15) is 5.75 Å². The van der Waals surface area contributed by atoms with Crippen LogP contribution in [0.4, 0.5) is 5.69 Å². The molecule has 0 radical (unpaired) electrons. The van der Waals surface area contributed by atoms with E-state index in [9.17, 15) is 9.90 Å². The summed E-state index contributed by atoms with van der Waals surface area (Å²) in [5, 5.41) is 9.59. The number of anilines is 1. The second-order valence-electron chi connectivity index (χ2n) is 4.55. The van der Waals surface area contributed by atoms with Crippen LogP contribution < -0.4 is 4.90 Å². The highest BCUT2D eigenvalue weighted by Crippen LogP contribution is 2.25. The third-order valence-corrected chi connectivity index (χ3v) is 3.37. The van der Waals surface area contributed by atoms with Gasteiger partial charge < -0.3 is 10.0 Å². The monoisotopic (exact) mass is 289 g/mol. The number of amides is 1. The molecular formula is C16H16ClNO2. The van der Waals surface area contributed by atoms with E-state index in [0.29, 0.717) is 12.1 Å². The summed E-state index contributed by atoms with van der Waals surface area (Å²) in [4.78, 5) is 14.2. The normalized spacial score (nSPS) is 10.3. The molecule has 3 nitrogen and oxygen atoms in total. The molecule has 0 saturated carbocycles. The number of carbonyl (C=O) groups excluding carboxylic acids is 1. The Morgan fingerprint density at radius 1 is 1.25 bits per heavy atom. The van der Waals surface area contributed by atoms with Gasteiger partial charge in [0.15, 0.2) is 0 Å². The van der Waals surface area contributed by atoms with Crippen molar-refractivity contribution in [3.05, 3.63) is 58.6 Å². The minimum absolute atomic E-state index is 0.0261. The quantitative estimate of drug-likeness (QED) is 0.927. The Hall–Kier alpha value is -2.00. The lowest BCUT2D eigenvalue weighted by Gasteiger charge is -2.21. The van der Waals surface area contributed by atoms with Gasteiger partial charge in [0.05, 0.1) is 5.02 Å². The summed E-state index contributed by atoms with van der Waals surface area (Å²) in [5.41, 5.74) is 2.40. The second-order valence-corrected chi connectivity index (χ2v) is 4.96. The molecular weight excluding hydrogens is 274 g/mol. The van der Waals surface area contributed by atoms with Crippen molar-refractivity contribution in [3.8, 4) is 5.75 Å². The number of hydrogen-bond donors (Lipinski definition) is 1. The molecule has 1 N–H and O–H groups in total. The first-order valence-corrected chi connectivity index (χ1v) is 6.77. The van der Waals surface area contributed by atoms with Crippen LogP contribution in [0.5, 0.6) is 5.75 Å². The Bertz CT molecular complexity index is 640. The smallest absolute Gasteiger partial charge is 0.258 e. The van der Waals surface area contributed by atoms with Gasteiger partial charge in [0, 0.05) is 17.8 Å². The molecule has 0 saturated heterocycles. The van der Waals surface area contributed by atoms with Gasteiger partial charge in [-0.15, -0.1) is 0 Å². The first-order chi connectivity index (χ1) is 9.52. The molecule has 2 aromatic rings. The van der Waals surface area contributed by atoms with Crippen LogP contribution in [-0.4, -0.2) is 17.6 Å². The van der Waals surface area contributed by atoms with Crippen molar-refractivity contribution in [2.75, 3.05) is 11.4 Å². The Balaban J connectivity index is 2.36. The lowest BCUT2D eigenvalue weighted by molar-refractivity contribution is 0.0988. The highest BCUT2D eigenvalue weighted by molar-refractivity contribution is 6.32. The van der Waals surface area contributed by atoms with Crippen LogP contribution in [0, 0.1) is 6.92 Å². The van der Waals surface area contributed by atoms with Crippen LogP contribution in [0.3, 0.4) is 0 Å². The lowest BCUT2D eigenvalue weighted by atomic mass is 10.1. The van der Waals surface area contributed by atoms with Crippen molar-refractivity contribution in [2.45, 2.75) is 13.8 Å². The van der Waals surface area contributed by atoms with Crippen molar-refractivity contribution >= 4 is 23.2 Å². The molecule has 0 unspecified atom stereocenters. The van der Waals surface area contributed by atoms with Crippen molar-refractivity contribution in [1.29, 1.82) is 0 Å². The first-order valence-electron chi connectivity index (χ1n) is 6.40. The minimum atomic E-state index is -0.139. The molecule has 0 heterocycles. The number of nitrogens with zero attached hydrogens (tertiary/aromatic N) is 1. The van der Waals surface area contributed by atoms with Crippen LogP contribution in [0.15, 0.2) is 42.5 Å². The van der Waals surface area contributed by atoms with Gasteiger partial charge in [0.25, 0.3) is 5.91 Å². The second kappa shape index (κ2) is 5.97. The van der Waals surface area contributed by atoms with E-state index in [2.05, 4.69) is 0 Å². The van der Waals surface area contributed by atoms with E-state index in [4.69, 9.17) is 11.6 Å². The van der Waals surface area contributed by atoms with Crippen LogP contribution in [-0.2, 0) is 0 Å². The standard InChI is InChI=1S/C16H16ClNO2/c1-3-18(13-6-4-5-11(2)9-13)16(20)12-7-8-15(19)14(17)10-12/h4-10,19H,3H2,1-2H3. The predicted octanol–water partition coefficient (Wildman–Crippen LogP) is 4.02. The first kappa shape index (κ1) is 14.4. The molecule has 104 valence electrons. The highest BCUT2D eigenvalue weighted by atomic mass is 35.5. The van der Waals surface area contributed by atoms with Gasteiger partial charge in [0.2, 0.25) is 0 Å². The Kier molecular flexibility index (Phi) is 4.30. The summed E-state index contributed by atoms with van der Waals surface area (Å²) >= 11 is 5.86. The summed E-state index contributed by atoms with van der Waals surface area (Å²) < 4.78 is 0. The van der Waals surface area contributed by atoms with E-state index in [1.54, 1.807) is 11.0 Å². The molecule has 0 atom stereocenters. The van der Waals surface area contributed by atoms with Crippen molar-refractivity contribution in [2.24, 2.45) is 0 Å². The van der Waals surface area contributed by atoms with E-state index in [-0.39, 0.29) is 16.7 Å². The molecule has 2 rings (SSSR count). The maximum atomic E-state index is 12.5. The molecule has 0 spiro atoms. The molecule has 0 aliphatic carbocycles. The highest BCUT2D eigenvalue weighted by Gasteiger charge is 2.17. The van der Waals surface area contributed by atoms with Crippen LogP contribution in [0.1, 0.15) is 22.8 Å². The number of aryl methyl sites for hydroxylation is 1. The van der Waals surface area contributed by atoms with Gasteiger partial charge in [-0.3, -0.25) is 4.79 Å². The van der Waals surface area contributed by atoms with Gasteiger partial charge in [-0.1, -0.05) is 23.7 Å².